The molecule has 4 heterocycles. The van der Waals surface area contributed by atoms with Crippen molar-refractivity contribution in [3.8, 4) is 0 Å². The van der Waals surface area contributed by atoms with E-state index in [9.17, 15) is 9.59 Å². The summed E-state index contributed by atoms with van der Waals surface area (Å²) in [4.78, 5) is 49.7. The number of halogens is 2. The maximum Gasteiger partial charge on any atom is 2.00 e. The largest absolute Gasteiger partial charge is 2.00 e. The van der Waals surface area contributed by atoms with E-state index < -0.39 is 0 Å². The van der Waals surface area contributed by atoms with Crippen LogP contribution in [0.3, 0.4) is 0 Å². The summed E-state index contributed by atoms with van der Waals surface area (Å²) in [6.45, 7) is 0. The van der Waals surface area contributed by atoms with Crippen molar-refractivity contribution in [3.63, 3.8) is 0 Å². The molecule has 0 fully saturated rings. The SMILES string of the molecule is Nc1nc2nccnc2c(=O)[nH]1.Nc1nc2nccnc2c(=O)[nH]1.[Cu+2].[F-].[F-]. The Morgan fingerprint density at radius 1 is 0.667 bits per heavy atom. The third-order valence-electron chi connectivity index (χ3n) is 2.72. The quantitative estimate of drug-likeness (QED) is 0.196. The van der Waals surface area contributed by atoms with Gasteiger partial charge in [0.05, 0.1) is 0 Å². The summed E-state index contributed by atoms with van der Waals surface area (Å²) >= 11 is 0. The van der Waals surface area contributed by atoms with Crippen molar-refractivity contribution in [1.29, 1.82) is 0 Å². The van der Waals surface area contributed by atoms with Gasteiger partial charge in [0.2, 0.25) is 11.9 Å². The van der Waals surface area contributed by atoms with Crippen molar-refractivity contribution in [1.82, 2.24) is 39.9 Å². The number of aromatic amines is 2. The van der Waals surface area contributed by atoms with E-state index >= 15 is 0 Å². The number of aromatic nitrogens is 8. The number of nitrogens with zero attached hydrogens (tertiary/aromatic N) is 6. The number of hydrogen-bond acceptors (Lipinski definition) is 10. The molecule has 0 spiro atoms. The number of fused-ring (bicyclic) bond motifs is 2. The van der Waals surface area contributed by atoms with Gasteiger partial charge in [-0.3, -0.25) is 19.6 Å². The van der Waals surface area contributed by atoms with Crippen LogP contribution in [0.5, 0.6) is 0 Å². The van der Waals surface area contributed by atoms with Gasteiger partial charge in [0, 0.05) is 24.8 Å². The van der Waals surface area contributed by atoms with Crippen LogP contribution in [0, 0.1) is 0 Å². The van der Waals surface area contributed by atoms with E-state index in [0.717, 1.165) is 0 Å². The van der Waals surface area contributed by atoms with Crippen LogP contribution < -0.4 is 32.0 Å². The summed E-state index contributed by atoms with van der Waals surface area (Å²) in [7, 11) is 0. The first-order chi connectivity index (χ1) is 11.5. The van der Waals surface area contributed by atoms with E-state index in [2.05, 4.69) is 39.9 Å². The number of H-pyrrole nitrogens is 2. The van der Waals surface area contributed by atoms with Crippen molar-refractivity contribution in [2.24, 2.45) is 0 Å². The second kappa shape index (κ2) is 9.79. The molecule has 0 unspecified atom stereocenters. The van der Waals surface area contributed by atoms with Gasteiger partial charge in [-0.05, 0) is 0 Å². The van der Waals surface area contributed by atoms with Crippen molar-refractivity contribution in [3.05, 3.63) is 45.5 Å². The van der Waals surface area contributed by atoms with Gasteiger partial charge in [-0.15, -0.1) is 0 Å². The van der Waals surface area contributed by atoms with Crippen LogP contribution in [0.2, 0.25) is 0 Å². The Morgan fingerprint density at radius 2 is 1.00 bits per heavy atom. The molecule has 0 aliphatic heterocycles. The Kier molecular flexibility index (Phi) is 8.49. The average Bonchev–Trinajstić information content (AvgIpc) is 2.55. The van der Waals surface area contributed by atoms with Crippen molar-refractivity contribution in [2.45, 2.75) is 0 Å². The zero-order valence-electron chi connectivity index (χ0n) is 13.0. The van der Waals surface area contributed by atoms with Gasteiger partial charge >= 0.3 is 17.1 Å². The Hall–Kier alpha value is -3.58. The topological polar surface area (TPSA) is 195 Å². The molecular formula is C12H10CuF2N10O2. The molecule has 12 nitrogen and oxygen atoms in total. The molecule has 4 aromatic rings. The van der Waals surface area contributed by atoms with E-state index in [-0.39, 0.29) is 71.8 Å². The van der Waals surface area contributed by atoms with Gasteiger partial charge in [0.1, 0.15) is 0 Å². The van der Waals surface area contributed by atoms with E-state index in [1.54, 1.807) is 0 Å². The molecule has 0 aliphatic carbocycles. The summed E-state index contributed by atoms with van der Waals surface area (Å²) in [5, 5.41) is 0. The molecule has 1 radical (unpaired) electrons. The first-order valence-electron chi connectivity index (χ1n) is 6.47. The maximum atomic E-state index is 11.1. The van der Waals surface area contributed by atoms with Crippen LogP contribution in [0.4, 0.5) is 11.9 Å². The minimum atomic E-state index is -0.370. The Balaban J connectivity index is 0.000000451. The first-order valence-corrected chi connectivity index (χ1v) is 6.47. The summed E-state index contributed by atoms with van der Waals surface area (Å²) < 4.78 is 0. The first kappa shape index (κ1) is 23.4. The molecule has 0 saturated carbocycles. The Labute approximate surface area is 158 Å². The molecule has 4 rings (SSSR count). The molecule has 0 saturated heterocycles. The molecule has 6 N–H and O–H groups in total. The van der Waals surface area contributed by atoms with Gasteiger partial charge in [-0.1, -0.05) is 0 Å². The zero-order valence-corrected chi connectivity index (χ0v) is 14.0. The second-order valence-electron chi connectivity index (χ2n) is 4.36. The molecule has 4 aromatic heterocycles. The molecule has 0 atom stereocenters. The van der Waals surface area contributed by atoms with Crippen LogP contribution in [-0.4, -0.2) is 39.9 Å². The van der Waals surface area contributed by atoms with E-state index in [4.69, 9.17) is 11.5 Å². The Morgan fingerprint density at radius 3 is 1.37 bits per heavy atom. The monoisotopic (exact) mass is 427 g/mol. The van der Waals surface area contributed by atoms with Gasteiger partial charge in [0.15, 0.2) is 22.3 Å². The third kappa shape index (κ3) is 5.19. The third-order valence-corrected chi connectivity index (χ3v) is 2.72. The molecule has 0 bridgehead atoms. The van der Waals surface area contributed by atoms with Gasteiger partial charge in [-0.25, -0.2) is 19.9 Å². The molecule has 0 aliphatic rings. The number of nitrogen functional groups attached to an aromatic ring is 2. The van der Waals surface area contributed by atoms with Crippen molar-refractivity contribution < 1.29 is 26.5 Å². The van der Waals surface area contributed by atoms with Crippen LogP contribution in [0.1, 0.15) is 0 Å². The van der Waals surface area contributed by atoms with E-state index in [1.165, 1.54) is 24.8 Å². The molecule has 0 amide bonds. The minimum Gasteiger partial charge on any atom is -1.00 e. The molecule has 27 heavy (non-hydrogen) atoms. The van der Waals surface area contributed by atoms with Crippen LogP contribution >= 0.6 is 0 Å². The molecule has 15 heteroatoms. The maximum absolute atomic E-state index is 11.1. The fourth-order valence-corrected chi connectivity index (χ4v) is 1.78. The zero-order chi connectivity index (χ0) is 17.1. The fraction of sp³-hybridized carbons (Fsp3) is 0. The van der Waals surface area contributed by atoms with Crippen LogP contribution in [-0.2, 0) is 17.1 Å². The van der Waals surface area contributed by atoms with Gasteiger partial charge in [-0.2, -0.15) is 9.97 Å². The number of anilines is 2. The summed E-state index contributed by atoms with van der Waals surface area (Å²) in [6, 6.07) is 0. The van der Waals surface area contributed by atoms with Crippen LogP contribution in [0.25, 0.3) is 22.3 Å². The number of nitrogens with two attached hydrogens (primary N) is 2. The van der Waals surface area contributed by atoms with Gasteiger partial charge < -0.3 is 20.9 Å². The predicted molar refractivity (Wildman–Crippen MR) is 84.7 cm³/mol. The smallest absolute Gasteiger partial charge is 1.00 e. The molecule has 145 valence electrons. The minimum absolute atomic E-state index is 0. The number of nitrogens with one attached hydrogen (secondary N) is 2. The fourth-order valence-electron chi connectivity index (χ4n) is 1.78. The average molecular weight is 428 g/mol. The molecular weight excluding hydrogens is 418 g/mol. The van der Waals surface area contributed by atoms with E-state index in [0.29, 0.717) is 0 Å². The number of hydrogen-bond donors (Lipinski definition) is 4. The standard InChI is InChI=1S/2C6H5N5O.Cu.2FH/c2*7-6-10-4-3(5(12)11-6)8-1-2-9-4;;;/h2*1-2H,(H3,7,9,10,11,12);;2*1H/q;;+2;;/p-2. The predicted octanol–water partition coefficient (Wildman–Crippen LogP) is -7.40. The summed E-state index contributed by atoms with van der Waals surface area (Å²) in [5.41, 5.74) is 10.8. The van der Waals surface area contributed by atoms with Crippen molar-refractivity contribution in [2.75, 3.05) is 11.5 Å². The molecule has 0 aromatic carbocycles. The second-order valence-corrected chi connectivity index (χ2v) is 4.36. The van der Waals surface area contributed by atoms with E-state index in [1.807, 2.05) is 0 Å². The van der Waals surface area contributed by atoms with Gasteiger partial charge in [0.25, 0.3) is 11.1 Å². The van der Waals surface area contributed by atoms with Crippen molar-refractivity contribution >= 4 is 34.2 Å². The van der Waals surface area contributed by atoms with Crippen LogP contribution in [0.15, 0.2) is 34.4 Å². The summed E-state index contributed by atoms with van der Waals surface area (Å²) in [5.74, 6) is 0.0981. The normalized spacial score (nSPS) is 9.19. The number of rotatable bonds is 0. The Bertz CT molecular complexity index is 1060. The summed E-state index contributed by atoms with van der Waals surface area (Å²) in [6.07, 6.45) is 5.76.